The molecule has 1 atom stereocenters. The lowest BCUT2D eigenvalue weighted by atomic mass is 10.0. The highest BCUT2D eigenvalue weighted by Gasteiger charge is 2.18. The third-order valence-corrected chi connectivity index (χ3v) is 4.24. The molecule has 6 heteroatoms. The quantitative estimate of drug-likeness (QED) is 0.584. The van der Waals surface area contributed by atoms with E-state index in [4.69, 9.17) is 15.7 Å². The van der Waals surface area contributed by atoms with Crippen LogP contribution in [0.2, 0.25) is 0 Å². The maximum absolute atomic E-state index is 12.0. The van der Waals surface area contributed by atoms with Gasteiger partial charge in [0.1, 0.15) is 0 Å². The number of hydrogen-bond donors (Lipinski definition) is 2. The third kappa shape index (κ3) is 4.28. The van der Waals surface area contributed by atoms with Crippen LogP contribution in [0.3, 0.4) is 0 Å². The summed E-state index contributed by atoms with van der Waals surface area (Å²) in [5.74, 6) is 0. The lowest BCUT2D eigenvalue weighted by Gasteiger charge is -2.14. The Balaban J connectivity index is 3.01. The third-order valence-electron chi connectivity index (χ3n) is 2.93. The number of unbranched alkanes of at least 4 members (excludes halogenated alkanes) is 1. The smallest absolute Gasteiger partial charge is 0.296 e. The van der Waals surface area contributed by atoms with Gasteiger partial charge in [0.2, 0.25) is 0 Å². The molecule has 0 heterocycles. The van der Waals surface area contributed by atoms with Crippen molar-refractivity contribution >= 4 is 10.1 Å². The van der Waals surface area contributed by atoms with E-state index < -0.39 is 10.1 Å². The molecule has 0 aliphatic carbocycles. The minimum atomic E-state index is -3.71. The highest BCUT2D eigenvalue weighted by Crippen LogP contribution is 2.21. The minimum Gasteiger partial charge on any atom is -0.329 e. The molecule has 0 radical (unpaired) electrons. The molecule has 0 saturated heterocycles. The molecule has 0 aliphatic rings. The second-order valence-electron chi connectivity index (χ2n) is 4.49. The first-order valence-electron chi connectivity index (χ1n) is 6.38. The Labute approximate surface area is 115 Å². The van der Waals surface area contributed by atoms with Gasteiger partial charge >= 0.3 is 0 Å². The van der Waals surface area contributed by atoms with Gasteiger partial charge in [-0.15, -0.1) is 0 Å². The van der Waals surface area contributed by atoms with Crippen LogP contribution in [0.15, 0.2) is 23.1 Å². The van der Waals surface area contributed by atoms with Crippen molar-refractivity contribution in [2.24, 2.45) is 11.5 Å². The van der Waals surface area contributed by atoms with Crippen LogP contribution in [-0.2, 0) is 14.3 Å². The van der Waals surface area contributed by atoms with Crippen LogP contribution in [0.25, 0.3) is 0 Å². The second kappa shape index (κ2) is 7.00. The molecular formula is C13H22N2O3S. The van der Waals surface area contributed by atoms with Crippen LogP contribution in [0.5, 0.6) is 0 Å². The summed E-state index contributed by atoms with van der Waals surface area (Å²) in [4.78, 5) is 0.133. The van der Waals surface area contributed by atoms with Crippen LogP contribution in [0, 0.1) is 6.92 Å². The van der Waals surface area contributed by atoms with Crippen molar-refractivity contribution in [1.82, 2.24) is 0 Å². The largest absolute Gasteiger partial charge is 0.329 e. The predicted octanol–water partition coefficient (Wildman–Crippen LogP) is 1.46. The van der Waals surface area contributed by atoms with Crippen molar-refractivity contribution in [1.29, 1.82) is 0 Å². The molecule has 0 aliphatic heterocycles. The van der Waals surface area contributed by atoms with Crippen molar-refractivity contribution in [3.8, 4) is 0 Å². The summed E-state index contributed by atoms with van der Waals surface area (Å²) >= 11 is 0. The number of rotatable bonds is 7. The van der Waals surface area contributed by atoms with Gasteiger partial charge in [-0.1, -0.05) is 19.4 Å². The van der Waals surface area contributed by atoms with E-state index >= 15 is 0 Å². The molecule has 0 amide bonds. The fourth-order valence-electron chi connectivity index (χ4n) is 1.68. The van der Waals surface area contributed by atoms with Gasteiger partial charge in [0.05, 0.1) is 11.5 Å². The zero-order valence-electron chi connectivity index (χ0n) is 11.4. The summed E-state index contributed by atoms with van der Waals surface area (Å²) in [6, 6.07) is 4.43. The highest BCUT2D eigenvalue weighted by atomic mass is 32.2. The molecule has 0 bridgehead atoms. The number of benzene rings is 1. The van der Waals surface area contributed by atoms with Crippen LogP contribution in [-0.4, -0.2) is 21.6 Å². The molecule has 5 nitrogen and oxygen atoms in total. The van der Waals surface area contributed by atoms with E-state index in [-0.39, 0.29) is 24.1 Å². The molecule has 0 saturated carbocycles. The second-order valence-corrected chi connectivity index (χ2v) is 6.11. The first-order valence-corrected chi connectivity index (χ1v) is 7.78. The minimum absolute atomic E-state index is 0.133. The SMILES string of the molecule is CCCCOS(=O)(=O)c1ccc(C)c(C(N)CN)c1. The molecule has 1 aromatic carbocycles. The van der Waals surface area contributed by atoms with E-state index in [1.165, 1.54) is 6.07 Å². The zero-order valence-corrected chi connectivity index (χ0v) is 12.2. The Bertz CT molecular complexity index is 515. The van der Waals surface area contributed by atoms with Crippen molar-refractivity contribution in [3.63, 3.8) is 0 Å². The van der Waals surface area contributed by atoms with Gasteiger partial charge in [-0.3, -0.25) is 4.18 Å². The van der Waals surface area contributed by atoms with E-state index in [1.807, 2.05) is 13.8 Å². The van der Waals surface area contributed by atoms with Crippen LogP contribution < -0.4 is 11.5 Å². The van der Waals surface area contributed by atoms with Gasteiger partial charge in [0.25, 0.3) is 10.1 Å². The first-order chi connectivity index (χ1) is 8.92. The van der Waals surface area contributed by atoms with Gasteiger partial charge in [-0.25, -0.2) is 0 Å². The Morgan fingerprint density at radius 3 is 2.63 bits per heavy atom. The van der Waals surface area contributed by atoms with Gasteiger partial charge in [0.15, 0.2) is 0 Å². The molecule has 1 unspecified atom stereocenters. The average molecular weight is 286 g/mol. The van der Waals surface area contributed by atoms with Gasteiger partial charge in [-0.05, 0) is 36.6 Å². The number of aryl methyl sites for hydroxylation is 1. The topological polar surface area (TPSA) is 95.4 Å². The zero-order chi connectivity index (χ0) is 14.5. The lowest BCUT2D eigenvalue weighted by molar-refractivity contribution is 0.311. The van der Waals surface area contributed by atoms with Crippen LogP contribution >= 0.6 is 0 Å². The van der Waals surface area contributed by atoms with E-state index in [0.29, 0.717) is 6.42 Å². The fourth-order valence-corrected chi connectivity index (χ4v) is 2.66. The fraction of sp³-hybridized carbons (Fsp3) is 0.538. The number of hydrogen-bond acceptors (Lipinski definition) is 5. The predicted molar refractivity (Wildman–Crippen MR) is 75.2 cm³/mol. The van der Waals surface area contributed by atoms with Gasteiger partial charge in [0, 0.05) is 12.6 Å². The Hall–Kier alpha value is -0.950. The molecule has 0 fully saturated rings. The van der Waals surface area contributed by atoms with Gasteiger partial charge in [-0.2, -0.15) is 8.42 Å². The summed E-state index contributed by atoms with van der Waals surface area (Å²) in [5, 5.41) is 0. The number of nitrogens with two attached hydrogens (primary N) is 2. The molecule has 0 aromatic heterocycles. The molecule has 1 aromatic rings. The van der Waals surface area contributed by atoms with E-state index in [9.17, 15) is 8.42 Å². The van der Waals surface area contributed by atoms with Gasteiger partial charge < -0.3 is 11.5 Å². The van der Waals surface area contributed by atoms with Crippen LogP contribution in [0.4, 0.5) is 0 Å². The normalized spacial score (nSPS) is 13.5. The molecule has 4 N–H and O–H groups in total. The summed E-state index contributed by atoms with van der Waals surface area (Å²) < 4.78 is 28.9. The van der Waals surface area contributed by atoms with E-state index in [1.54, 1.807) is 12.1 Å². The van der Waals surface area contributed by atoms with Crippen molar-refractivity contribution < 1.29 is 12.6 Å². The standard InChI is InChI=1S/C13H22N2O3S/c1-3-4-7-18-19(16,17)11-6-5-10(2)12(8-11)13(15)9-14/h5-6,8,13H,3-4,7,9,14-15H2,1-2H3. The van der Waals surface area contributed by atoms with Crippen molar-refractivity contribution in [2.75, 3.05) is 13.2 Å². The Morgan fingerprint density at radius 1 is 1.37 bits per heavy atom. The van der Waals surface area contributed by atoms with Crippen LogP contribution in [0.1, 0.15) is 36.9 Å². The van der Waals surface area contributed by atoms with Crippen molar-refractivity contribution in [2.45, 2.75) is 37.6 Å². The van der Waals surface area contributed by atoms with E-state index in [2.05, 4.69) is 0 Å². The first kappa shape index (κ1) is 16.1. The van der Waals surface area contributed by atoms with E-state index in [0.717, 1.165) is 17.5 Å². The monoisotopic (exact) mass is 286 g/mol. The molecule has 1 rings (SSSR count). The summed E-state index contributed by atoms with van der Waals surface area (Å²) in [6.45, 7) is 4.31. The maximum atomic E-state index is 12.0. The lowest BCUT2D eigenvalue weighted by Crippen LogP contribution is -2.22. The summed E-state index contributed by atoms with van der Waals surface area (Å²) in [7, 11) is -3.71. The average Bonchev–Trinajstić information content (AvgIpc) is 2.38. The summed E-state index contributed by atoms with van der Waals surface area (Å²) in [5.41, 5.74) is 13.1. The van der Waals surface area contributed by atoms with Crippen molar-refractivity contribution in [3.05, 3.63) is 29.3 Å². The molecule has 19 heavy (non-hydrogen) atoms. The highest BCUT2D eigenvalue weighted by molar-refractivity contribution is 7.86. The molecular weight excluding hydrogens is 264 g/mol. The summed E-state index contributed by atoms with van der Waals surface area (Å²) in [6.07, 6.45) is 1.59. The molecule has 108 valence electrons. The molecule has 0 spiro atoms. The Morgan fingerprint density at radius 2 is 2.05 bits per heavy atom. The Kier molecular flexibility index (Phi) is 5.93. The maximum Gasteiger partial charge on any atom is 0.296 e.